The minimum absolute atomic E-state index is 0.183. The molecule has 0 aliphatic heterocycles. The summed E-state index contributed by atoms with van der Waals surface area (Å²) in [6, 6.07) is 0. The molecule has 0 radical (unpaired) electrons. The number of aliphatic hydroxyl groups excluding tert-OH is 1. The van der Waals surface area contributed by atoms with Crippen LogP contribution in [0.4, 0.5) is 8.78 Å². The van der Waals surface area contributed by atoms with Crippen LogP contribution in [-0.2, 0) is 0 Å². The van der Waals surface area contributed by atoms with Gasteiger partial charge in [-0.3, -0.25) is 0 Å². The first-order valence-corrected chi connectivity index (χ1v) is 5.39. The molecule has 0 unspecified atom stereocenters. The molecule has 1 aliphatic rings. The molecule has 15 heavy (non-hydrogen) atoms. The molecule has 90 valence electrons. The first-order valence-electron chi connectivity index (χ1n) is 5.39. The Balaban J connectivity index is 2.24. The summed E-state index contributed by atoms with van der Waals surface area (Å²) in [6.07, 6.45) is 4.35. The summed E-state index contributed by atoms with van der Waals surface area (Å²) >= 11 is 0. The van der Waals surface area contributed by atoms with Crippen molar-refractivity contribution in [2.24, 2.45) is 0 Å². The van der Waals surface area contributed by atoms with Crippen LogP contribution in [0.1, 0.15) is 32.1 Å². The third-order valence-corrected chi connectivity index (χ3v) is 2.85. The Kier molecular flexibility index (Phi) is 4.43. The average Bonchev–Trinajstić information content (AvgIpc) is 2.18. The fraction of sp³-hybridized carbons (Fsp3) is 1.00. The molecule has 0 amide bonds. The van der Waals surface area contributed by atoms with Crippen LogP contribution >= 0.6 is 0 Å². The minimum atomic E-state index is -3.09. The van der Waals surface area contributed by atoms with Crippen LogP contribution in [0, 0.1) is 0 Å². The zero-order valence-corrected chi connectivity index (χ0v) is 8.81. The molecule has 0 atom stereocenters. The molecule has 3 N–H and O–H groups in total. The molecule has 0 aromatic heterocycles. The molecule has 0 bridgehead atoms. The van der Waals surface area contributed by atoms with Gasteiger partial charge in [0.2, 0.25) is 0 Å². The van der Waals surface area contributed by atoms with Crippen LogP contribution < -0.4 is 5.32 Å². The lowest BCUT2D eigenvalue weighted by molar-refractivity contribution is -0.0552. The second-order valence-corrected chi connectivity index (χ2v) is 4.40. The van der Waals surface area contributed by atoms with Crippen molar-refractivity contribution in [3.05, 3.63) is 0 Å². The number of hydrogen-bond donors (Lipinski definition) is 3. The Morgan fingerprint density at radius 3 is 2.33 bits per heavy atom. The fourth-order valence-corrected chi connectivity index (χ4v) is 1.92. The van der Waals surface area contributed by atoms with Gasteiger partial charge in [-0.2, -0.15) is 0 Å². The normalized spacial score (nSPS) is 21.6. The van der Waals surface area contributed by atoms with E-state index in [1.54, 1.807) is 0 Å². The maximum Gasteiger partial charge on any atom is 0.282 e. The molecule has 0 spiro atoms. The zero-order chi connectivity index (χ0) is 11.4. The second-order valence-electron chi connectivity index (χ2n) is 4.40. The Morgan fingerprint density at radius 2 is 1.80 bits per heavy atom. The molecule has 5 heteroatoms. The van der Waals surface area contributed by atoms with E-state index in [4.69, 9.17) is 5.11 Å². The molecule has 1 rings (SSSR count). The van der Waals surface area contributed by atoms with Gasteiger partial charge in [-0.1, -0.05) is 19.3 Å². The van der Waals surface area contributed by atoms with E-state index in [0.717, 1.165) is 19.3 Å². The van der Waals surface area contributed by atoms with E-state index in [2.05, 4.69) is 5.32 Å². The molecule has 1 saturated carbocycles. The number of halogens is 2. The van der Waals surface area contributed by atoms with Gasteiger partial charge in [-0.15, -0.1) is 0 Å². The third-order valence-electron chi connectivity index (χ3n) is 2.85. The quantitative estimate of drug-likeness (QED) is 0.649. The van der Waals surface area contributed by atoms with Crippen molar-refractivity contribution in [2.75, 3.05) is 19.7 Å². The maximum atomic E-state index is 12.6. The Labute approximate surface area is 88.5 Å². The Bertz CT molecular complexity index is 194. The van der Waals surface area contributed by atoms with Gasteiger partial charge in [0, 0.05) is 6.54 Å². The number of hydrogen-bond acceptors (Lipinski definition) is 3. The first kappa shape index (κ1) is 12.8. The summed E-state index contributed by atoms with van der Waals surface area (Å²) in [4.78, 5) is 0. The van der Waals surface area contributed by atoms with Crippen molar-refractivity contribution in [1.29, 1.82) is 0 Å². The van der Waals surface area contributed by atoms with Crippen molar-refractivity contribution < 1.29 is 19.0 Å². The van der Waals surface area contributed by atoms with Gasteiger partial charge in [-0.25, -0.2) is 8.78 Å². The average molecular weight is 223 g/mol. The van der Waals surface area contributed by atoms with E-state index >= 15 is 0 Å². The summed E-state index contributed by atoms with van der Waals surface area (Å²) in [7, 11) is 0. The largest absolute Gasteiger partial charge is 0.390 e. The SMILES string of the molecule is OCC(F)(F)CNCC1(O)CCCCC1. The maximum absolute atomic E-state index is 12.6. The van der Waals surface area contributed by atoms with Gasteiger partial charge in [0.05, 0.1) is 12.1 Å². The fourth-order valence-electron chi connectivity index (χ4n) is 1.92. The summed E-state index contributed by atoms with van der Waals surface area (Å²) in [5.74, 6) is -3.09. The molecular weight excluding hydrogens is 204 g/mol. The van der Waals surface area contributed by atoms with Crippen molar-refractivity contribution in [3.63, 3.8) is 0 Å². The molecular formula is C10H19F2NO2. The Hall–Kier alpha value is -0.260. The highest BCUT2D eigenvalue weighted by Gasteiger charge is 2.32. The standard InChI is InChI=1S/C10H19F2NO2/c11-10(12,8-14)7-13-6-9(15)4-2-1-3-5-9/h13-15H,1-8H2. The van der Waals surface area contributed by atoms with E-state index in [1.165, 1.54) is 0 Å². The highest BCUT2D eigenvalue weighted by Crippen LogP contribution is 2.27. The van der Waals surface area contributed by atoms with Crippen LogP contribution in [0.15, 0.2) is 0 Å². The molecule has 0 heterocycles. The van der Waals surface area contributed by atoms with Crippen LogP contribution in [0.2, 0.25) is 0 Å². The van der Waals surface area contributed by atoms with Crippen LogP contribution in [-0.4, -0.2) is 41.4 Å². The van der Waals surface area contributed by atoms with E-state index in [0.29, 0.717) is 12.8 Å². The highest BCUT2D eigenvalue weighted by atomic mass is 19.3. The minimum Gasteiger partial charge on any atom is -0.390 e. The van der Waals surface area contributed by atoms with Gasteiger partial charge in [0.1, 0.15) is 6.61 Å². The van der Waals surface area contributed by atoms with Crippen LogP contribution in [0.5, 0.6) is 0 Å². The predicted octanol–water partition coefficient (Wildman–Crippen LogP) is 0.899. The van der Waals surface area contributed by atoms with Gasteiger partial charge in [0.15, 0.2) is 0 Å². The third kappa shape index (κ3) is 4.40. The molecule has 0 aromatic carbocycles. The number of aliphatic hydroxyl groups is 2. The number of alkyl halides is 2. The van der Waals surface area contributed by atoms with E-state index in [9.17, 15) is 13.9 Å². The monoisotopic (exact) mass is 223 g/mol. The van der Waals surface area contributed by atoms with Crippen LogP contribution in [0.3, 0.4) is 0 Å². The lowest BCUT2D eigenvalue weighted by Gasteiger charge is -2.32. The van der Waals surface area contributed by atoms with Gasteiger partial charge >= 0.3 is 0 Å². The Morgan fingerprint density at radius 1 is 1.20 bits per heavy atom. The van der Waals surface area contributed by atoms with E-state index < -0.39 is 24.7 Å². The van der Waals surface area contributed by atoms with Gasteiger partial charge in [-0.05, 0) is 12.8 Å². The number of nitrogens with one attached hydrogen (secondary N) is 1. The molecule has 0 saturated heterocycles. The van der Waals surface area contributed by atoms with Crippen molar-refractivity contribution >= 4 is 0 Å². The second kappa shape index (κ2) is 5.18. The summed E-state index contributed by atoms with van der Waals surface area (Å²) < 4.78 is 25.3. The predicted molar refractivity (Wildman–Crippen MR) is 52.9 cm³/mol. The van der Waals surface area contributed by atoms with Crippen molar-refractivity contribution in [3.8, 4) is 0 Å². The smallest absolute Gasteiger partial charge is 0.282 e. The summed E-state index contributed by atoms with van der Waals surface area (Å²) in [6.45, 7) is -1.55. The van der Waals surface area contributed by atoms with E-state index in [-0.39, 0.29) is 6.54 Å². The molecule has 3 nitrogen and oxygen atoms in total. The summed E-state index contributed by atoms with van der Waals surface area (Å²) in [5, 5.41) is 20.8. The molecule has 1 aliphatic carbocycles. The lowest BCUT2D eigenvalue weighted by Crippen LogP contribution is -2.46. The summed E-state index contributed by atoms with van der Waals surface area (Å²) in [5.41, 5.74) is -0.830. The van der Waals surface area contributed by atoms with Crippen molar-refractivity contribution in [1.82, 2.24) is 5.32 Å². The highest BCUT2D eigenvalue weighted by molar-refractivity contribution is 4.85. The number of rotatable bonds is 5. The molecule has 1 fully saturated rings. The topological polar surface area (TPSA) is 52.5 Å². The first-order chi connectivity index (χ1) is 6.97. The van der Waals surface area contributed by atoms with E-state index in [1.807, 2.05) is 0 Å². The lowest BCUT2D eigenvalue weighted by atomic mass is 9.85. The van der Waals surface area contributed by atoms with Crippen molar-refractivity contribution in [2.45, 2.75) is 43.6 Å². The molecule has 0 aromatic rings. The van der Waals surface area contributed by atoms with Crippen LogP contribution in [0.25, 0.3) is 0 Å². The zero-order valence-electron chi connectivity index (χ0n) is 8.81. The van der Waals surface area contributed by atoms with Gasteiger partial charge in [0.25, 0.3) is 5.92 Å². The van der Waals surface area contributed by atoms with Gasteiger partial charge < -0.3 is 15.5 Å².